The van der Waals surface area contributed by atoms with Crippen LogP contribution in [0.1, 0.15) is 25.7 Å². The number of amides is 1. The number of para-hydroxylation sites is 1. The SMILES string of the molecule is NC(=O)C1(Nc2ccccc2Cl)CCCC1. The van der Waals surface area contributed by atoms with E-state index in [1.807, 2.05) is 18.2 Å². The predicted molar refractivity (Wildman–Crippen MR) is 65.5 cm³/mol. The van der Waals surface area contributed by atoms with E-state index in [0.717, 1.165) is 31.4 Å². The van der Waals surface area contributed by atoms with Crippen molar-refractivity contribution < 1.29 is 4.79 Å². The molecule has 1 aliphatic rings. The van der Waals surface area contributed by atoms with Crippen molar-refractivity contribution in [3.05, 3.63) is 29.3 Å². The van der Waals surface area contributed by atoms with Gasteiger partial charge in [0.1, 0.15) is 5.54 Å². The number of anilines is 1. The molecule has 0 saturated heterocycles. The molecule has 1 aliphatic carbocycles. The number of primary amides is 1. The molecule has 1 aromatic rings. The Morgan fingerprint density at radius 3 is 2.50 bits per heavy atom. The smallest absolute Gasteiger partial charge is 0.243 e. The number of hydrogen-bond acceptors (Lipinski definition) is 2. The Morgan fingerprint density at radius 1 is 1.31 bits per heavy atom. The third-order valence-electron chi connectivity index (χ3n) is 3.18. The number of benzene rings is 1. The van der Waals surface area contributed by atoms with Crippen molar-refractivity contribution in [1.82, 2.24) is 0 Å². The molecule has 1 amide bonds. The highest BCUT2D eigenvalue weighted by Crippen LogP contribution is 2.34. The van der Waals surface area contributed by atoms with E-state index in [0.29, 0.717) is 5.02 Å². The summed E-state index contributed by atoms with van der Waals surface area (Å²) in [6.45, 7) is 0. The zero-order chi connectivity index (χ0) is 11.6. The zero-order valence-electron chi connectivity index (χ0n) is 9.00. The molecular formula is C12H15ClN2O. The minimum atomic E-state index is -0.606. The van der Waals surface area contributed by atoms with Crippen LogP contribution >= 0.6 is 11.6 Å². The summed E-state index contributed by atoms with van der Waals surface area (Å²) >= 11 is 6.05. The lowest BCUT2D eigenvalue weighted by atomic mass is 9.96. The molecule has 0 aromatic heterocycles. The van der Waals surface area contributed by atoms with Gasteiger partial charge in [0.2, 0.25) is 5.91 Å². The van der Waals surface area contributed by atoms with E-state index in [-0.39, 0.29) is 5.91 Å². The number of hydrogen-bond donors (Lipinski definition) is 2. The topological polar surface area (TPSA) is 55.1 Å². The van der Waals surface area contributed by atoms with Gasteiger partial charge in [-0.15, -0.1) is 0 Å². The highest BCUT2D eigenvalue weighted by Gasteiger charge is 2.39. The molecule has 1 aromatic carbocycles. The maximum absolute atomic E-state index is 11.6. The number of nitrogens with one attached hydrogen (secondary N) is 1. The lowest BCUT2D eigenvalue weighted by molar-refractivity contribution is -0.122. The van der Waals surface area contributed by atoms with Crippen molar-refractivity contribution in [3.8, 4) is 0 Å². The van der Waals surface area contributed by atoms with E-state index in [1.54, 1.807) is 6.07 Å². The molecule has 0 atom stereocenters. The average molecular weight is 239 g/mol. The Balaban J connectivity index is 2.25. The van der Waals surface area contributed by atoms with Gasteiger partial charge >= 0.3 is 0 Å². The first-order chi connectivity index (χ1) is 7.64. The number of rotatable bonds is 3. The molecule has 0 aliphatic heterocycles. The van der Waals surface area contributed by atoms with Crippen LogP contribution in [-0.2, 0) is 4.79 Å². The quantitative estimate of drug-likeness (QED) is 0.850. The molecule has 0 unspecified atom stereocenters. The molecule has 16 heavy (non-hydrogen) atoms. The molecule has 3 nitrogen and oxygen atoms in total. The van der Waals surface area contributed by atoms with Crippen LogP contribution in [0.4, 0.5) is 5.69 Å². The van der Waals surface area contributed by atoms with Crippen LogP contribution in [0.15, 0.2) is 24.3 Å². The Morgan fingerprint density at radius 2 is 1.94 bits per heavy atom. The Hall–Kier alpha value is -1.22. The third kappa shape index (κ3) is 2.00. The highest BCUT2D eigenvalue weighted by molar-refractivity contribution is 6.33. The van der Waals surface area contributed by atoms with Gasteiger partial charge in [0.25, 0.3) is 0 Å². The molecule has 1 saturated carbocycles. The minimum absolute atomic E-state index is 0.287. The molecule has 3 N–H and O–H groups in total. The van der Waals surface area contributed by atoms with Gasteiger partial charge in [-0.1, -0.05) is 36.6 Å². The monoisotopic (exact) mass is 238 g/mol. The number of halogens is 1. The first-order valence-electron chi connectivity index (χ1n) is 5.47. The number of carbonyl (C=O) groups excluding carboxylic acids is 1. The van der Waals surface area contributed by atoms with E-state index in [1.165, 1.54) is 0 Å². The van der Waals surface area contributed by atoms with Crippen LogP contribution in [0.25, 0.3) is 0 Å². The van der Waals surface area contributed by atoms with Gasteiger partial charge in [-0.25, -0.2) is 0 Å². The summed E-state index contributed by atoms with van der Waals surface area (Å²) in [5.74, 6) is -0.287. The predicted octanol–water partition coefficient (Wildman–Crippen LogP) is 2.55. The number of nitrogens with two attached hydrogens (primary N) is 1. The second-order valence-electron chi connectivity index (χ2n) is 4.26. The van der Waals surface area contributed by atoms with E-state index >= 15 is 0 Å². The van der Waals surface area contributed by atoms with Gasteiger partial charge in [-0.2, -0.15) is 0 Å². The lowest BCUT2D eigenvalue weighted by Crippen LogP contribution is -2.48. The summed E-state index contributed by atoms with van der Waals surface area (Å²) in [4.78, 5) is 11.6. The van der Waals surface area contributed by atoms with Gasteiger partial charge in [0.15, 0.2) is 0 Å². The zero-order valence-corrected chi connectivity index (χ0v) is 9.76. The van der Waals surface area contributed by atoms with Gasteiger partial charge < -0.3 is 11.1 Å². The van der Waals surface area contributed by atoms with Crippen molar-refractivity contribution >= 4 is 23.2 Å². The first kappa shape index (κ1) is 11.3. The van der Waals surface area contributed by atoms with Crippen molar-refractivity contribution in [2.24, 2.45) is 5.73 Å². The fraction of sp³-hybridized carbons (Fsp3) is 0.417. The van der Waals surface area contributed by atoms with E-state index in [4.69, 9.17) is 17.3 Å². The van der Waals surface area contributed by atoms with Gasteiger partial charge in [-0.3, -0.25) is 4.79 Å². The fourth-order valence-electron chi connectivity index (χ4n) is 2.23. The van der Waals surface area contributed by atoms with E-state index in [2.05, 4.69) is 5.32 Å². The largest absolute Gasteiger partial charge is 0.370 e. The molecule has 0 radical (unpaired) electrons. The molecule has 1 fully saturated rings. The maximum Gasteiger partial charge on any atom is 0.243 e. The molecule has 0 spiro atoms. The first-order valence-corrected chi connectivity index (χ1v) is 5.84. The standard InChI is InChI=1S/C12H15ClN2O/c13-9-5-1-2-6-10(9)15-12(11(14)16)7-3-4-8-12/h1-2,5-6,15H,3-4,7-8H2,(H2,14,16). The summed E-state index contributed by atoms with van der Waals surface area (Å²) in [5, 5.41) is 3.84. The van der Waals surface area contributed by atoms with Crippen LogP contribution in [0.3, 0.4) is 0 Å². The third-order valence-corrected chi connectivity index (χ3v) is 3.51. The van der Waals surface area contributed by atoms with Gasteiger partial charge in [0.05, 0.1) is 10.7 Å². The van der Waals surface area contributed by atoms with Crippen molar-refractivity contribution in [3.63, 3.8) is 0 Å². The normalized spacial score (nSPS) is 18.3. The molecule has 0 heterocycles. The summed E-state index contributed by atoms with van der Waals surface area (Å²) in [5.41, 5.74) is 5.66. The molecule has 0 bridgehead atoms. The summed E-state index contributed by atoms with van der Waals surface area (Å²) < 4.78 is 0. The Kier molecular flexibility index (Phi) is 3.06. The van der Waals surface area contributed by atoms with Crippen LogP contribution < -0.4 is 11.1 Å². The molecule has 86 valence electrons. The van der Waals surface area contributed by atoms with Gasteiger partial charge in [-0.05, 0) is 25.0 Å². The Bertz CT molecular complexity index is 400. The van der Waals surface area contributed by atoms with Crippen molar-refractivity contribution in [2.75, 3.05) is 5.32 Å². The van der Waals surface area contributed by atoms with Crippen LogP contribution in [0.2, 0.25) is 5.02 Å². The van der Waals surface area contributed by atoms with Crippen molar-refractivity contribution in [2.45, 2.75) is 31.2 Å². The maximum atomic E-state index is 11.6. The Labute approximate surface area is 100.0 Å². The molecular weight excluding hydrogens is 224 g/mol. The van der Waals surface area contributed by atoms with Crippen LogP contribution in [0.5, 0.6) is 0 Å². The van der Waals surface area contributed by atoms with Crippen LogP contribution in [0, 0.1) is 0 Å². The second kappa shape index (κ2) is 4.34. The summed E-state index contributed by atoms with van der Waals surface area (Å²) in [6.07, 6.45) is 3.63. The van der Waals surface area contributed by atoms with E-state index in [9.17, 15) is 4.79 Å². The lowest BCUT2D eigenvalue weighted by Gasteiger charge is -2.28. The molecule has 4 heteroatoms. The second-order valence-corrected chi connectivity index (χ2v) is 4.67. The minimum Gasteiger partial charge on any atom is -0.370 e. The van der Waals surface area contributed by atoms with Gasteiger partial charge in [0, 0.05) is 0 Å². The highest BCUT2D eigenvalue weighted by atomic mass is 35.5. The molecule has 2 rings (SSSR count). The fourth-order valence-corrected chi connectivity index (χ4v) is 2.41. The van der Waals surface area contributed by atoms with Crippen molar-refractivity contribution in [1.29, 1.82) is 0 Å². The van der Waals surface area contributed by atoms with Crippen LogP contribution in [-0.4, -0.2) is 11.4 Å². The number of carbonyl (C=O) groups is 1. The van der Waals surface area contributed by atoms with E-state index < -0.39 is 5.54 Å². The summed E-state index contributed by atoms with van der Waals surface area (Å²) in [7, 11) is 0. The summed E-state index contributed by atoms with van der Waals surface area (Å²) in [6, 6.07) is 7.41. The average Bonchev–Trinajstić information content (AvgIpc) is 2.71.